The van der Waals surface area contributed by atoms with E-state index in [2.05, 4.69) is 9.88 Å². The lowest BCUT2D eigenvalue weighted by Gasteiger charge is -2.37. The Bertz CT molecular complexity index is 1040. The minimum atomic E-state index is -0.742. The fourth-order valence-corrected chi connectivity index (χ4v) is 4.76. The molecule has 1 atom stereocenters. The first-order valence-corrected chi connectivity index (χ1v) is 11.6. The van der Waals surface area contributed by atoms with Gasteiger partial charge < -0.3 is 14.4 Å². The van der Waals surface area contributed by atoms with Crippen LogP contribution in [0, 0.1) is 5.82 Å². The zero-order valence-corrected chi connectivity index (χ0v) is 19.5. The van der Waals surface area contributed by atoms with E-state index in [9.17, 15) is 9.18 Å². The predicted octanol–water partition coefficient (Wildman–Crippen LogP) is 3.52. The number of aromatic nitrogens is 1. The molecule has 170 valence electrons. The van der Waals surface area contributed by atoms with Crippen molar-refractivity contribution in [2.24, 2.45) is 4.99 Å². The van der Waals surface area contributed by atoms with E-state index in [-0.39, 0.29) is 11.6 Å². The number of likely N-dealkylation sites (N-methyl/N-ethyl adjacent to an activating group) is 1. The van der Waals surface area contributed by atoms with Crippen molar-refractivity contribution in [1.82, 2.24) is 14.8 Å². The van der Waals surface area contributed by atoms with Crippen LogP contribution < -0.4 is 0 Å². The number of thiazole rings is 1. The van der Waals surface area contributed by atoms with Gasteiger partial charge in [0.05, 0.1) is 25.4 Å². The maximum absolute atomic E-state index is 13.8. The van der Waals surface area contributed by atoms with Gasteiger partial charge in [0.1, 0.15) is 11.9 Å². The molecule has 3 heterocycles. The van der Waals surface area contributed by atoms with Crippen molar-refractivity contribution in [1.29, 1.82) is 0 Å². The van der Waals surface area contributed by atoms with Crippen LogP contribution in [0.25, 0.3) is 0 Å². The van der Waals surface area contributed by atoms with Gasteiger partial charge in [-0.1, -0.05) is 17.7 Å². The van der Waals surface area contributed by atoms with Crippen LogP contribution in [0.1, 0.15) is 23.5 Å². The molecule has 1 aromatic heterocycles. The second kappa shape index (κ2) is 10.1. The number of hydrogen-bond acceptors (Lipinski definition) is 8. The zero-order valence-electron chi connectivity index (χ0n) is 17.9. The van der Waals surface area contributed by atoms with Gasteiger partial charge in [-0.2, -0.15) is 0 Å². The highest BCUT2D eigenvalue weighted by Crippen LogP contribution is 2.39. The van der Waals surface area contributed by atoms with Gasteiger partial charge in [0.15, 0.2) is 10.8 Å². The molecule has 7 nitrogen and oxygen atoms in total. The third kappa shape index (κ3) is 4.71. The van der Waals surface area contributed by atoms with E-state index in [4.69, 9.17) is 26.1 Å². The second-order valence-corrected chi connectivity index (χ2v) is 8.69. The summed E-state index contributed by atoms with van der Waals surface area (Å²) in [6.07, 6.45) is 1.71. The number of benzene rings is 1. The molecular weight excluding hydrogens is 455 g/mol. The van der Waals surface area contributed by atoms with Crippen LogP contribution in [0.5, 0.6) is 0 Å². The van der Waals surface area contributed by atoms with E-state index < -0.39 is 17.8 Å². The van der Waals surface area contributed by atoms with Crippen molar-refractivity contribution >= 4 is 34.7 Å². The molecule has 32 heavy (non-hydrogen) atoms. The Morgan fingerprint density at radius 3 is 2.81 bits per heavy atom. The Balaban J connectivity index is 1.87. The van der Waals surface area contributed by atoms with Gasteiger partial charge in [-0.25, -0.2) is 14.2 Å². The summed E-state index contributed by atoms with van der Waals surface area (Å²) in [6.45, 7) is 5.26. The number of esters is 1. The fourth-order valence-electron chi connectivity index (χ4n) is 3.82. The SMILES string of the molecule is CCOC(=O)C1=C(CN2CCOCC2)N(C)C(c2nccs2)=NC1c1ccc(F)cc1Cl. The summed E-state index contributed by atoms with van der Waals surface area (Å²) in [5, 5.41) is 2.80. The maximum Gasteiger partial charge on any atom is 0.338 e. The van der Waals surface area contributed by atoms with Crippen molar-refractivity contribution in [3.8, 4) is 0 Å². The normalized spacial score (nSPS) is 19.8. The third-order valence-corrected chi connectivity index (χ3v) is 6.51. The van der Waals surface area contributed by atoms with E-state index >= 15 is 0 Å². The molecule has 1 fully saturated rings. The van der Waals surface area contributed by atoms with Gasteiger partial charge in [0.2, 0.25) is 0 Å². The van der Waals surface area contributed by atoms with Crippen LogP contribution in [-0.4, -0.2) is 73.1 Å². The number of morpholine rings is 1. The molecule has 0 radical (unpaired) electrons. The second-order valence-electron chi connectivity index (χ2n) is 7.39. The van der Waals surface area contributed by atoms with E-state index in [0.29, 0.717) is 36.7 Å². The largest absolute Gasteiger partial charge is 0.463 e. The molecule has 0 N–H and O–H groups in total. The average Bonchev–Trinajstić information content (AvgIpc) is 3.31. The van der Waals surface area contributed by atoms with E-state index in [1.54, 1.807) is 19.2 Å². The van der Waals surface area contributed by atoms with Crippen molar-refractivity contribution in [3.05, 3.63) is 62.5 Å². The van der Waals surface area contributed by atoms with Crippen LogP contribution in [0.15, 0.2) is 46.0 Å². The highest BCUT2D eigenvalue weighted by Gasteiger charge is 2.37. The summed E-state index contributed by atoms with van der Waals surface area (Å²) in [6, 6.07) is 3.39. The Hall–Kier alpha value is -2.33. The molecule has 0 spiro atoms. The fraction of sp³-hybridized carbons (Fsp3) is 0.409. The Morgan fingerprint density at radius 2 is 2.16 bits per heavy atom. The van der Waals surface area contributed by atoms with Gasteiger partial charge in [-0.15, -0.1) is 11.3 Å². The summed E-state index contributed by atoms with van der Waals surface area (Å²) in [5.74, 6) is -0.289. The molecule has 2 aromatic rings. The summed E-state index contributed by atoms with van der Waals surface area (Å²) in [5.41, 5.74) is 1.70. The summed E-state index contributed by atoms with van der Waals surface area (Å²) in [7, 11) is 1.87. The molecule has 0 saturated carbocycles. The number of aliphatic imine (C=N–C) groups is 1. The number of ether oxygens (including phenoxy) is 2. The Morgan fingerprint density at radius 1 is 1.38 bits per heavy atom. The van der Waals surface area contributed by atoms with Gasteiger partial charge >= 0.3 is 5.97 Å². The first-order valence-electron chi connectivity index (χ1n) is 10.4. The summed E-state index contributed by atoms with van der Waals surface area (Å²) in [4.78, 5) is 26.6. The van der Waals surface area contributed by atoms with Crippen molar-refractivity contribution < 1.29 is 18.7 Å². The first-order chi connectivity index (χ1) is 15.5. The number of amidine groups is 1. The number of hydrogen-bond donors (Lipinski definition) is 0. The van der Waals surface area contributed by atoms with Crippen LogP contribution in [0.2, 0.25) is 5.02 Å². The van der Waals surface area contributed by atoms with Crippen LogP contribution >= 0.6 is 22.9 Å². The van der Waals surface area contributed by atoms with E-state index in [1.807, 2.05) is 17.3 Å². The molecule has 0 amide bonds. The van der Waals surface area contributed by atoms with Crippen LogP contribution in [-0.2, 0) is 14.3 Å². The van der Waals surface area contributed by atoms with Crippen LogP contribution in [0.4, 0.5) is 4.39 Å². The molecule has 0 aliphatic carbocycles. The van der Waals surface area contributed by atoms with Crippen LogP contribution in [0.3, 0.4) is 0 Å². The molecule has 4 rings (SSSR count). The molecule has 0 bridgehead atoms. The number of halogens is 2. The predicted molar refractivity (Wildman–Crippen MR) is 121 cm³/mol. The molecule has 10 heteroatoms. The van der Waals surface area contributed by atoms with Gasteiger partial charge in [0, 0.05) is 54.5 Å². The Labute approximate surface area is 195 Å². The zero-order chi connectivity index (χ0) is 22.7. The molecule has 1 aromatic carbocycles. The topological polar surface area (TPSA) is 67.3 Å². The lowest BCUT2D eigenvalue weighted by molar-refractivity contribution is -0.139. The van der Waals surface area contributed by atoms with Crippen molar-refractivity contribution in [2.75, 3.05) is 46.5 Å². The minimum Gasteiger partial charge on any atom is -0.463 e. The quantitative estimate of drug-likeness (QED) is 0.592. The highest BCUT2D eigenvalue weighted by atomic mass is 35.5. The standard InChI is InChI=1S/C22H24ClFN4O3S/c1-3-31-22(29)18-17(13-28-7-9-30-10-8-28)27(2)20(21-25-6-11-32-21)26-19(18)15-5-4-14(24)12-16(15)23/h4-6,11-12,19H,3,7-10,13H2,1-2H3. The van der Waals surface area contributed by atoms with E-state index in [1.165, 1.54) is 23.5 Å². The summed E-state index contributed by atoms with van der Waals surface area (Å²) < 4.78 is 24.7. The number of carbonyl (C=O) groups is 1. The minimum absolute atomic E-state index is 0.203. The van der Waals surface area contributed by atoms with Crippen molar-refractivity contribution in [3.63, 3.8) is 0 Å². The van der Waals surface area contributed by atoms with Gasteiger partial charge in [-0.3, -0.25) is 9.89 Å². The molecule has 1 unspecified atom stereocenters. The monoisotopic (exact) mass is 478 g/mol. The third-order valence-electron chi connectivity index (χ3n) is 5.41. The van der Waals surface area contributed by atoms with Crippen molar-refractivity contribution in [2.45, 2.75) is 13.0 Å². The van der Waals surface area contributed by atoms with E-state index in [0.717, 1.165) is 23.8 Å². The summed E-state index contributed by atoms with van der Waals surface area (Å²) >= 11 is 7.88. The first kappa shape index (κ1) is 22.8. The number of nitrogens with zero attached hydrogens (tertiary/aromatic N) is 4. The molecule has 1 saturated heterocycles. The molecule has 2 aliphatic rings. The molecule has 2 aliphatic heterocycles. The lowest BCUT2D eigenvalue weighted by atomic mass is 9.94. The van der Waals surface area contributed by atoms with Gasteiger partial charge in [-0.05, 0) is 19.1 Å². The maximum atomic E-state index is 13.8. The Kier molecular flexibility index (Phi) is 7.20. The number of carbonyl (C=O) groups excluding carboxylic acids is 1. The highest BCUT2D eigenvalue weighted by molar-refractivity contribution is 7.11. The number of rotatable bonds is 6. The average molecular weight is 479 g/mol. The molecular formula is C22H24ClFN4O3S. The smallest absolute Gasteiger partial charge is 0.338 e. The lowest BCUT2D eigenvalue weighted by Crippen LogP contribution is -2.44. The van der Waals surface area contributed by atoms with Gasteiger partial charge in [0.25, 0.3) is 0 Å².